The Labute approximate surface area is 100 Å². The molecule has 18 heavy (non-hydrogen) atoms. The Morgan fingerprint density at radius 2 is 1.78 bits per heavy atom. The van der Waals surface area contributed by atoms with Crippen LogP contribution in [0.15, 0.2) is 12.1 Å². The minimum atomic E-state index is -1.27. The Bertz CT molecular complexity index is 467. The van der Waals surface area contributed by atoms with Gasteiger partial charge in [-0.05, 0) is 6.92 Å². The van der Waals surface area contributed by atoms with Crippen molar-refractivity contribution in [1.29, 1.82) is 0 Å². The summed E-state index contributed by atoms with van der Waals surface area (Å²) in [6, 6.07) is -0.275. The first-order valence-electron chi connectivity index (χ1n) is 4.97. The van der Waals surface area contributed by atoms with Crippen LogP contribution in [0.5, 0.6) is 0 Å². The van der Waals surface area contributed by atoms with Gasteiger partial charge in [0.25, 0.3) is 0 Å². The summed E-state index contributed by atoms with van der Waals surface area (Å²) < 4.78 is 39.0. The van der Waals surface area contributed by atoms with Crippen molar-refractivity contribution < 1.29 is 27.9 Å². The molecule has 0 aliphatic rings. The first kappa shape index (κ1) is 14.0. The number of halogens is 3. The van der Waals surface area contributed by atoms with E-state index in [4.69, 9.17) is 5.11 Å². The maximum absolute atomic E-state index is 13.2. The minimum Gasteiger partial charge on any atom is -0.480 e. The molecule has 0 fully saturated rings. The average Bonchev–Trinajstić information content (AvgIpc) is 2.23. The molecule has 0 saturated heterocycles. The van der Waals surface area contributed by atoms with Crippen molar-refractivity contribution in [2.45, 2.75) is 19.4 Å². The number of carboxylic acids is 1. The van der Waals surface area contributed by atoms with Gasteiger partial charge in [0.1, 0.15) is 23.5 Å². The van der Waals surface area contributed by atoms with Crippen LogP contribution in [0.25, 0.3) is 0 Å². The fourth-order valence-corrected chi connectivity index (χ4v) is 1.26. The van der Waals surface area contributed by atoms with Gasteiger partial charge in [-0.2, -0.15) is 0 Å². The van der Waals surface area contributed by atoms with E-state index in [0.717, 1.165) is 0 Å². The van der Waals surface area contributed by atoms with Crippen molar-refractivity contribution in [1.82, 2.24) is 5.32 Å². The van der Waals surface area contributed by atoms with Gasteiger partial charge in [-0.3, -0.25) is 9.59 Å². The van der Waals surface area contributed by atoms with Gasteiger partial charge < -0.3 is 10.4 Å². The van der Waals surface area contributed by atoms with Crippen LogP contribution in [0, 0.1) is 17.5 Å². The maximum atomic E-state index is 13.2. The Balaban J connectivity index is 2.80. The van der Waals surface area contributed by atoms with Crippen molar-refractivity contribution in [3.05, 3.63) is 35.1 Å². The van der Waals surface area contributed by atoms with E-state index in [1.165, 1.54) is 6.92 Å². The van der Waals surface area contributed by atoms with Crippen LogP contribution in [0.1, 0.15) is 12.5 Å². The van der Waals surface area contributed by atoms with Crippen LogP contribution in [-0.4, -0.2) is 23.0 Å². The number of carbonyl (C=O) groups is 2. The second kappa shape index (κ2) is 5.52. The first-order valence-corrected chi connectivity index (χ1v) is 4.97. The molecule has 1 aromatic carbocycles. The lowest BCUT2D eigenvalue weighted by atomic mass is 10.1. The molecule has 1 unspecified atom stereocenters. The third-order valence-electron chi connectivity index (χ3n) is 2.19. The maximum Gasteiger partial charge on any atom is 0.325 e. The summed E-state index contributed by atoms with van der Waals surface area (Å²) in [6.07, 6.45) is -0.699. The lowest BCUT2D eigenvalue weighted by molar-refractivity contribution is -0.141. The Morgan fingerprint density at radius 1 is 1.28 bits per heavy atom. The fraction of sp³-hybridized carbons (Fsp3) is 0.273. The zero-order chi connectivity index (χ0) is 13.9. The second-order valence-electron chi connectivity index (χ2n) is 3.65. The molecular formula is C11H10F3NO3. The number of aliphatic carboxylic acids is 1. The van der Waals surface area contributed by atoms with Crippen LogP contribution >= 0.6 is 0 Å². The van der Waals surface area contributed by atoms with E-state index in [1.807, 2.05) is 5.32 Å². The summed E-state index contributed by atoms with van der Waals surface area (Å²) in [5.41, 5.74) is -0.605. The molecule has 2 N–H and O–H groups in total. The van der Waals surface area contributed by atoms with E-state index in [-0.39, 0.29) is 0 Å². The predicted octanol–water partition coefficient (Wildman–Crippen LogP) is 1.24. The summed E-state index contributed by atoms with van der Waals surface area (Å²) in [4.78, 5) is 21.8. The summed E-state index contributed by atoms with van der Waals surface area (Å²) in [7, 11) is 0. The van der Waals surface area contributed by atoms with Gasteiger partial charge in [-0.1, -0.05) is 0 Å². The molecule has 0 aromatic heterocycles. The van der Waals surface area contributed by atoms with E-state index < -0.39 is 47.4 Å². The lowest BCUT2D eigenvalue weighted by Crippen LogP contribution is -2.39. The van der Waals surface area contributed by atoms with Crippen molar-refractivity contribution in [3.63, 3.8) is 0 Å². The van der Waals surface area contributed by atoms with Crippen LogP contribution in [0.4, 0.5) is 13.2 Å². The van der Waals surface area contributed by atoms with Crippen LogP contribution in [0.3, 0.4) is 0 Å². The molecule has 0 spiro atoms. The molecule has 0 aliphatic carbocycles. The average molecular weight is 261 g/mol. The highest BCUT2D eigenvalue weighted by molar-refractivity contribution is 5.84. The largest absolute Gasteiger partial charge is 0.480 e. The van der Waals surface area contributed by atoms with Crippen LogP contribution < -0.4 is 5.32 Å². The van der Waals surface area contributed by atoms with Crippen LogP contribution in [0.2, 0.25) is 0 Å². The van der Waals surface area contributed by atoms with Gasteiger partial charge in [0.2, 0.25) is 5.91 Å². The van der Waals surface area contributed by atoms with Gasteiger partial charge in [-0.15, -0.1) is 0 Å². The number of benzene rings is 1. The van der Waals surface area contributed by atoms with Crippen LogP contribution in [-0.2, 0) is 16.0 Å². The highest BCUT2D eigenvalue weighted by Gasteiger charge is 2.18. The van der Waals surface area contributed by atoms with Gasteiger partial charge in [0, 0.05) is 17.7 Å². The Hall–Kier alpha value is -2.05. The number of nitrogens with one attached hydrogen (secondary N) is 1. The number of hydrogen-bond acceptors (Lipinski definition) is 2. The molecule has 1 amide bonds. The van der Waals surface area contributed by atoms with Crippen molar-refractivity contribution in [3.8, 4) is 0 Å². The predicted molar refractivity (Wildman–Crippen MR) is 55.3 cm³/mol. The summed E-state index contributed by atoms with van der Waals surface area (Å²) >= 11 is 0. The van der Waals surface area contributed by atoms with Crippen molar-refractivity contribution >= 4 is 11.9 Å². The van der Waals surface area contributed by atoms with E-state index in [9.17, 15) is 22.8 Å². The molecule has 0 saturated carbocycles. The molecule has 1 aromatic rings. The number of amides is 1. The zero-order valence-corrected chi connectivity index (χ0v) is 9.34. The third-order valence-corrected chi connectivity index (χ3v) is 2.19. The summed E-state index contributed by atoms with van der Waals surface area (Å²) in [6.45, 7) is 1.21. The molecule has 0 aliphatic heterocycles. The summed E-state index contributed by atoms with van der Waals surface area (Å²) in [5.74, 6) is -5.61. The molecule has 1 rings (SSSR count). The SMILES string of the molecule is CC(NC(=O)Cc1c(F)cc(F)cc1F)C(=O)O. The smallest absolute Gasteiger partial charge is 0.325 e. The number of hydrogen-bond donors (Lipinski definition) is 2. The Kier molecular flexibility index (Phi) is 4.30. The molecule has 7 heteroatoms. The van der Waals surface area contributed by atoms with Gasteiger partial charge in [0.05, 0.1) is 6.42 Å². The number of rotatable bonds is 4. The number of carbonyl (C=O) groups excluding carboxylic acids is 1. The lowest BCUT2D eigenvalue weighted by Gasteiger charge is -2.10. The summed E-state index contributed by atoms with van der Waals surface area (Å²) in [5, 5.41) is 10.6. The highest BCUT2D eigenvalue weighted by atomic mass is 19.1. The highest BCUT2D eigenvalue weighted by Crippen LogP contribution is 2.15. The van der Waals surface area contributed by atoms with Crippen molar-refractivity contribution in [2.24, 2.45) is 0 Å². The molecule has 98 valence electrons. The monoisotopic (exact) mass is 261 g/mol. The van der Waals surface area contributed by atoms with Gasteiger partial charge in [-0.25, -0.2) is 13.2 Å². The normalized spacial score (nSPS) is 12.0. The van der Waals surface area contributed by atoms with E-state index >= 15 is 0 Å². The van der Waals surface area contributed by atoms with E-state index in [0.29, 0.717) is 12.1 Å². The molecule has 0 radical (unpaired) electrons. The first-order chi connectivity index (χ1) is 8.31. The third kappa shape index (κ3) is 3.47. The molecule has 0 bridgehead atoms. The standard InChI is InChI=1S/C11H10F3NO3/c1-5(11(17)18)15-10(16)4-7-8(13)2-6(12)3-9(7)14/h2-3,5H,4H2,1H3,(H,15,16)(H,17,18). The fourth-order valence-electron chi connectivity index (χ4n) is 1.26. The van der Waals surface area contributed by atoms with E-state index in [1.54, 1.807) is 0 Å². The molecule has 0 heterocycles. The molecule has 1 atom stereocenters. The van der Waals surface area contributed by atoms with Crippen molar-refractivity contribution in [2.75, 3.05) is 0 Å². The minimum absolute atomic E-state index is 0.451. The molecule has 4 nitrogen and oxygen atoms in total. The second-order valence-corrected chi connectivity index (χ2v) is 3.65. The molecular weight excluding hydrogens is 251 g/mol. The van der Waals surface area contributed by atoms with E-state index in [2.05, 4.69) is 0 Å². The van der Waals surface area contributed by atoms with Gasteiger partial charge >= 0.3 is 5.97 Å². The zero-order valence-electron chi connectivity index (χ0n) is 9.34. The quantitative estimate of drug-likeness (QED) is 0.856. The topological polar surface area (TPSA) is 66.4 Å². The number of carboxylic acid groups (broad SMARTS) is 1. The Morgan fingerprint density at radius 3 is 2.22 bits per heavy atom. The van der Waals surface area contributed by atoms with Gasteiger partial charge in [0.15, 0.2) is 0 Å².